The zero-order valence-electron chi connectivity index (χ0n) is 13.6. The predicted octanol–water partition coefficient (Wildman–Crippen LogP) is 3.47. The molecule has 1 saturated carbocycles. The molecule has 1 aromatic rings. The number of unbranched alkanes of at least 4 members (excludes halogenated alkanes) is 1. The van der Waals surface area contributed by atoms with Gasteiger partial charge in [0.2, 0.25) is 0 Å². The van der Waals surface area contributed by atoms with E-state index in [4.69, 9.17) is 0 Å². The molecular formula is C19H30N2. The molecule has 2 nitrogen and oxygen atoms in total. The molecule has 0 bridgehead atoms. The van der Waals surface area contributed by atoms with Gasteiger partial charge in [0.05, 0.1) is 0 Å². The average Bonchev–Trinajstić information content (AvgIpc) is 3.34. The van der Waals surface area contributed by atoms with Gasteiger partial charge in [-0.2, -0.15) is 0 Å². The van der Waals surface area contributed by atoms with Crippen LogP contribution < -0.4 is 5.32 Å². The van der Waals surface area contributed by atoms with E-state index in [0.717, 1.165) is 12.3 Å². The van der Waals surface area contributed by atoms with Crippen LogP contribution in [0.2, 0.25) is 0 Å². The zero-order valence-corrected chi connectivity index (χ0v) is 13.6. The van der Waals surface area contributed by atoms with Crippen LogP contribution in [0.3, 0.4) is 0 Å². The largest absolute Gasteiger partial charge is 0.311 e. The van der Waals surface area contributed by atoms with Crippen molar-refractivity contribution < 1.29 is 0 Å². The molecule has 1 aromatic carbocycles. The first kappa shape index (κ1) is 15.1. The van der Waals surface area contributed by atoms with Crippen molar-refractivity contribution in [3.8, 4) is 0 Å². The lowest BCUT2D eigenvalue weighted by Gasteiger charge is -2.49. The van der Waals surface area contributed by atoms with E-state index in [1.165, 1.54) is 50.9 Å². The van der Waals surface area contributed by atoms with Crippen LogP contribution in [0.25, 0.3) is 0 Å². The Morgan fingerprint density at radius 3 is 2.67 bits per heavy atom. The number of rotatable bonds is 6. The number of hydrogen-bond donors (Lipinski definition) is 1. The third-order valence-electron chi connectivity index (χ3n) is 5.48. The Hall–Kier alpha value is -0.860. The monoisotopic (exact) mass is 286 g/mol. The molecular weight excluding hydrogens is 256 g/mol. The molecule has 2 atom stereocenters. The van der Waals surface area contributed by atoms with Crippen molar-refractivity contribution in [3.05, 3.63) is 35.9 Å². The van der Waals surface area contributed by atoms with E-state index in [-0.39, 0.29) is 0 Å². The molecule has 1 heterocycles. The maximum absolute atomic E-state index is 3.84. The van der Waals surface area contributed by atoms with E-state index in [1.54, 1.807) is 0 Å². The summed E-state index contributed by atoms with van der Waals surface area (Å²) >= 11 is 0. The van der Waals surface area contributed by atoms with E-state index in [1.807, 2.05) is 0 Å². The maximum atomic E-state index is 3.84. The molecule has 1 aliphatic heterocycles. The second-order valence-electron chi connectivity index (χ2n) is 7.20. The zero-order chi connectivity index (χ0) is 14.7. The first-order chi connectivity index (χ1) is 10.2. The summed E-state index contributed by atoms with van der Waals surface area (Å²) in [7, 11) is 0. The van der Waals surface area contributed by atoms with Gasteiger partial charge in [0, 0.05) is 24.7 Å². The van der Waals surface area contributed by atoms with Crippen molar-refractivity contribution >= 4 is 0 Å². The molecule has 1 saturated heterocycles. The fourth-order valence-corrected chi connectivity index (χ4v) is 3.84. The highest BCUT2D eigenvalue weighted by atomic mass is 15.3. The van der Waals surface area contributed by atoms with Crippen LogP contribution >= 0.6 is 0 Å². The summed E-state index contributed by atoms with van der Waals surface area (Å²) in [4.78, 5) is 2.80. The summed E-state index contributed by atoms with van der Waals surface area (Å²) in [5, 5.41) is 3.84. The maximum Gasteiger partial charge on any atom is 0.0334 e. The summed E-state index contributed by atoms with van der Waals surface area (Å²) in [6, 6.07) is 11.5. The van der Waals surface area contributed by atoms with Crippen molar-refractivity contribution in [1.29, 1.82) is 0 Å². The summed E-state index contributed by atoms with van der Waals surface area (Å²) in [5.74, 6) is 0.930. The normalized spacial score (nSPS) is 30.5. The molecule has 0 amide bonds. The lowest BCUT2D eigenvalue weighted by molar-refractivity contribution is 0.0339. The van der Waals surface area contributed by atoms with Gasteiger partial charge < -0.3 is 5.32 Å². The Kier molecular flexibility index (Phi) is 4.66. The van der Waals surface area contributed by atoms with Gasteiger partial charge in [-0.15, -0.1) is 0 Å². The van der Waals surface area contributed by atoms with Crippen molar-refractivity contribution in [2.45, 2.75) is 57.5 Å². The Balaban J connectivity index is 1.64. The molecule has 3 rings (SSSR count). The van der Waals surface area contributed by atoms with Crippen molar-refractivity contribution in [2.75, 3.05) is 19.6 Å². The fourth-order valence-electron chi connectivity index (χ4n) is 3.84. The molecule has 0 spiro atoms. The van der Waals surface area contributed by atoms with Crippen LogP contribution in [-0.2, 0) is 6.42 Å². The first-order valence-corrected chi connectivity index (χ1v) is 8.74. The van der Waals surface area contributed by atoms with Gasteiger partial charge in [0.25, 0.3) is 0 Å². The van der Waals surface area contributed by atoms with Gasteiger partial charge in [-0.25, -0.2) is 0 Å². The SMILES string of the molecule is CCCCN1CC(Cc2ccccc2)NCC1(C)C1CC1. The third-order valence-corrected chi connectivity index (χ3v) is 5.48. The molecule has 2 heteroatoms. The van der Waals surface area contributed by atoms with Gasteiger partial charge in [-0.3, -0.25) is 4.90 Å². The Morgan fingerprint density at radius 1 is 1.24 bits per heavy atom. The molecule has 0 radical (unpaired) electrons. The van der Waals surface area contributed by atoms with Gasteiger partial charge in [-0.1, -0.05) is 43.7 Å². The minimum atomic E-state index is 0.405. The summed E-state index contributed by atoms with van der Waals surface area (Å²) in [5.41, 5.74) is 1.86. The molecule has 2 aliphatic rings. The quantitative estimate of drug-likeness (QED) is 0.861. The minimum Gasteiger partial charge on any atom is -0.311 e. The predicted molar refractivity (Wildman–Crippen MR) is 89.5 cm³/mol. The molecule has 1 N–H and O–H groups in total. The molecule has 2 fully saturated rings. The van der Waals surface area contributed by atoms with E-state index < -0.39 is 0 Å². The number of hydrogen-bond acceptors (Lipinski definition) is 2. The Morgan fingerprint density at radius 2 is 2.00 bits per heavy atom. The van der Waals surface area contributed by atoms with Gasteiger partial charge in [0.15, 0.2) is 0 Å². The average molecular weight is 286 g/mol. The van der Waals surface area contributed by atoms with Crippen LogP contribution in [0.5, 0.6) is 0 Å². The van der Waals surface area contributed by atoms with Gasteiger partial charge in [0.1, 0.15) is 0 Å². The van der Waals surface area contributed by atoms with E-state index in [9.17, 15) is 0 Å². The topological polar surface area (TPSA) is 15.3 Å². The number of nitrogens with zero attached hydrogens (tertiary/aromatic N) is 1. The third kappa shape index (κ3) is 3.49. The van der Waals surface area contributed by atoms with Crippen LogP contribution in [0.4, 0.5) is 0 Å². The number of piperazine rings is 1. The highest BCUT2D eigenvalue weighted by molar-refractivity contribution is 5.17. The van der Waals surface area contributed by atoms with Crippen LogP contribution in [0.1, 0.15) is 45.1 Å². The fraction of sp³-hybridized carbons (Fsp3) is 0.684. The van der Waals surface area contributed by atoms with Crippen LogP contribution in [0, 0.1) is 5.92 Å². The highest BCUT2D eigenvalue weighted by Crippen LogP contribution is 2.44. The minimum absolute atomic E-state index is 0.405. The van der Waals surface area contributed by atoms with E-state index >= 15 is 0 Å². The van der Waals surface area contributed by atoms with Gasteiger partial charge in [-0.05, 0) is 50.6 Å². The Bertz CT molecular complexity index is 440. The second-order valence-corrected chi connectivity index (χ2v) is 7.20. The van der Waals surface area contributed by atoms with E-state index in [2.05, 4.69) is 54.4 Å². The molecule has 116 valence electrons. The summed E-state index contributed by atoms with van der Waals surface area (Å²) < 4.78 is 0. The standard InChI is InChI=1S/C19H30N2/c1-3-4-12-21-14-18(13-16-8-6-5-7-9-16)20-15-19(21,2)17-10-11-17/h5-9,17-18,20H,3-4,10-15H2,1-2H3. The molecule has 21 heavy (non-hydrogen) atoms. The highest BCUT2D eigenvalue weighted by Gasteiger charge is 2.47. The lowest BCUT2D eigenvalue weighted by atomic mass is 9.88. The lowest BCUT2D eigenvalue weighted by Crippen LogP contribution is -2.64. The van der Waals surface area contributed by atoms with E-state index in [0.29, 0.717) is 11.6 Å². The summed E-state index contributed by atoms with van der Waals surface area (Å²) in [6.45, 7) is 8.45. The first-order valence-electron chi connectivity index (χ1n) is 8.74. The Labute approximate surface area is 129 Å². The molecule has 0 aromatic heterocycles. The molecule has 2 unspecified atom stereocenters. The number of benzene rings is 1. The van der Waals surface area contributed by atoms with Crippen LogP contribution in [-0.4, -0.2) is 36.1 Å². The second kappa shape index (κ2) is 6.50. The van der Waals surface area contributed by atoms with Crippen molar-refractivity contribution in [3.63, 3.8) is 0 Å². The smallest absolute Gasteiger partial charge is 0.0334 e. The molecule has 1 aliphatic carbocycles. The van der Waals surface area contributed by atoms with Crippen molar-refractivity contribution in [1.82, 2.24) is 10.2 Å². The van der Waals surface area contributed by atoms with Crippen molar-refractivity contribution in [2.24, 2.45) is 5.92 Å². The van der Waals surface area contributed by atoms with Crippen LogP contribution in [0.15, 0.2) is 30.3 Å². The van der Waals surface area contributed by atoms with Gasteiger partial charge >= 0.3 is 0 Å². The number of nitrogens with one attached hydrogen (secondary N) is 1. The summed E-state index contributed by atoms with van der Waals surface area (Å²) in [6.07, 6.45) is 6.66.